The van der Waals surface area contributed by atoms with Gasteiger partial charge in [-0.15, -0.1) is 0 Å². The van der Waals surface area contributed by atoms with Gasteiger partial charge in [0.15, 0.2) is 6.61 Å². The number of benzene rings is 1. The third kappa shape index (κ3) is 5.31. The maximum Gasteiger partial charge on any atom is 0.260 e. The predicted molar refractivity (Wildman–Crippen MR) is 85.3 cm³/mol. The Balaban J connectivity index is 2.68. The van der Waals surface area contributed by atoms with Gasteiger partial charge in [-0.05, 0) is 52.0 Å². The number of hydrogen-bond donors (Lipinski definition) is 1. The minimum atomic E-state index is -3.51. The average molecular weight is 328 g/mol. The van der Waals surface area contributed by atoms with Crippen LogP contribution in [0.15, 0.2) is 29.2 Å². The highest BCUT2D eigenvalue weighted by Gasteiger charge is 2.15. The molecule has 1 rings (SSSR count). The fourth-order valence-electron chi connectivity index (χ4n) is 1.91. The van der Waals surface area contributed by atoms with Gasteiger partial charge in [-0.3, -0.25) is 4.79 Å². The zero-order valence-electron chi connectivity index (χ0n) is 13.5. The van der Waals surface area contributed by atoms with Crippen LogP contribution < -0.4 is 9.46 Å². The number of hydrogen-bond acceptors (Lipinski definition) is 4. The molecular weight excluding hydrogens is 304 g/mol. The Morgan fingerprint density at radius 3 is 2.18 bits per heavy atom. The number of amides is 1. The number of ether oxygens (including phenoxy) is 1. The van der Waals surface area contributed by atoms with Gasteiger partial charge in [0.25, 0.3) is 5.91 Å². The molecule has 0 aliphatic heterocycles. The predicted octanol–water partition coefficient (Wildman–Crippen LogP) is 1.62. The lowest BCUT2D eigenvalue weighted by atomic mass is 10.3. The Bertz CT molecular complexity index is 578. The highest BCUT2D eigenvalue weighted by molar-refractivity contribution is 7.89. The first-order valence-electron chi connectivity index (χ1n) is 7.33. The third-order valence-electron chi connectivity index (χ3n) is 3.00. The number of nitrogens with one attached hydrogen (secondary N) is 1. The van der Waals surface area contributed by atoms with E-state index in [0.717, 1.165) is 0 Å². The van der Waals surface area contributed by atoms with Crippen LogP contribution in [0.1, 0.15) is 27.7 Å². The van der Waals surface area contributed by atoms with E-state index >= 15 is 0 Å². The quantitative estimate of drug-likeness (QED) is 0.787. The van der Waals surface area contributed by atoms with Crippen LogP contribution >= 0.6 is 0 Å². The van der Waals surface area contributed by atoms with E-state index in [2.05, 4.69) is 4.72 Å². The number of rotatable bonds is 8. The van der Waals surface area contributed by atoms with E-state index in [1.807, 2.05) is 13.8 Å². The van der Waals surface area contributed by atoms with Gasteiger partial charge >= 0.3 is 0 Å². The number of carbonyl (C=O) groups excluding carboxylic acids is 1. The van der Waals surface area contributed by atoms with Gasteiger partial charge in [0.1, 0.15) is 5.75 Å². The van der Waals surface area contributed by atoms with E-state index in [1.54, 1.807) is 30.9 Å². The van der Waals surface area contributed by atoms with E-state index in [4.69, 9.17) is 4.74 Å². The van der Waals surface area contributed by atoms with Gasteiger partial charge < -0.3 is 9.64 Å². The van der Waals surface area contributed by atoms with Gasteiger partial charge in [0.05, 0.1) is 4.90 Å². The Morgan fingerprint density at radius 1 is 1.18 bits per heavy atom. The summed E-state index contributed by atoms with van der Waals surface area (Å²) in [5.41, 5.74) is 0. The molecule has 22 heavy (non-hydrogen) atoms. The lowest BCUT2D eigenvalue weighted by Gasteiger charge is -2.18. The molecule has 0 aliphatic carbocycles. The summed E-state index contributed by atoms with van der Waals surface area (Å²) in [6, 6.07) is 5.84. The van der Waals surface area contributed by atoms with Gasteiger partial charge in [0.2, 0.25) is 10.0 Å². The largest absolute Gasteiger partial charge is 0.484 e. The molecule has 1 amide bonds. The number of nitrogens with zero attached hydrogens (tertiary/aromatic N) is 1. The molecule has 1 aromatic carbocycles. The maximum absolute atomic E-state index is 12.0. The van der Waals surface area contributed by atoms with Gasteiger partial charge in [0, 0.05) is 19.1 Å². The van der Waals surface area contributed by atoms with Crippen LogP contribution in [0, 0.1) is 0 Å². The molecule has 7 heteroatoms. The Morgan fingerprint density at radius 2 is 1.73 bits per heavy atom. The second-order valence-corrected chi connectivity index (χ2v) is 6.82. The molecule has 0 saturated heterocycles. The molecule has 0 fully saturated rings. The first kappa shape index (κ1) is 18.4. The molecule has 0 saturated carbocycles. The smallest absolute Gasteiger partial charge is 0.260 e. The molecule has 124 valence electrons. The molecule has 0 bridgehead atoms. The fraction of sp³-hybridized carbons (Fsp3) is 0.533. The topological polar surface area (TPSA) is 75.7 Å². The van der Waals surface area contributed by atoms with Gasteiger partial charge in [-0.25, -0.2) is 13.1 Å². The zero-order valence-corrected chi connectivity index (χ0v) is 14.3. The summed E-state index contributed by atoms with van der Waals surface area (Å²) in [5, 5.41) is 0. The van der Waals surface area contributed by atoms with Crippen molar-refractivity contribution in [2.45, 2.75) is 38.6 Å². The van der Waals surface area contributed by atoms with E-state index in [9.17, 15) is 13.2 Å². The van der Waals surface area contributed by atoms with Crippen molar-refractivity contribution >= 4 is 15.9 Å². The van der Waals surface area contributed by atoms with Crippen molar-refractivity contribution in [3.63, 3.8) is 0 Å². The summed E-state index contributed by atoms with van der Waals surface area (Å²) >= 11 is 0. The van der Waals surface area contributed by atoms with Crippen molar-refractivity contribution in [1.82, 2.24) is 9.62 Å². The normalized spacial score (nSPS) is 11.5. The van der Waals surface area contributed by atoms with Crippen LogP contribution in [0.3, 0.4) is 0 Å². The first-order chi connectivity index (χ1) is 10.3. The van der Waals surface area contributed by atoms with E-state index in [1.165, 1.54) is 12.1 Å². The molecule has 0 aliphatic rings. The Labute approximate surface area is 132 Å². The van der Waals surface area contributed by atoms with Crippen LogP contribution in [-0.2, 0) is 14.8 Å². The SMILES string of the molecule is CCN(CC)C(=O)COc1ccc(S(=O)(=O)NC(C)C)cc1. The van der Waals surface area contributed by atoms with Gasteiger partial charge in [-0.1, -0.05) is 0 Å². The summed E-state index contributed by atoms with van der Waals surface area (Å²) in [6.45, 7) is 8.54. The average Bonchev–Trinajstić information content (AvgIpc) is 2.45. The summed E-state index contributed by atoms with van der Waals surface area (Å²) in [7, 11) is -3.51. The Hall–Kier alpha value is -1.60. The number of sulfonamides is 1. The van der Waals surface area contributed by atoms with Crippen molar-refractivity contribution in [3.05, 3.63) is 24.3 Å². The summed E-state index contributed by atoms with van der Waals surface area (Å²) in [4.78, 5) is 13.7. The molecule has 0 radical (unpaired) electrons. The summed E-state index contributed by atoms with van der Waals surface area (Å²) < 4.78 is 31.8. The lowest BCUT2D eigenvalue weighted by molar-refractivity contribution is -0.132. The first-order valence-corrected chi connectivity index (χ1v) is 8.81. The monoisotopic (exact) mass is 328 g/mol. The minimum absolute atomic E-state index is 0.0575. The second kappa shape index (κ2) is 8.14. The van der Waals surface area contributed by atoms with E-state index < -0.39 is 10.0 Å². The zero-order chi connectivity index (χ0) is 16.8. The molecule has 0 heterocycles. The number of carbonyl (C=O) groups is 1. The van der Waals surface area contributed by atoms with Crippen LogP contribution in [0.2, 0.25) is 0 Å². The van der Waals surface area contributed by atoms with Crippen molar-refractivity contribution in [2.75, 3.05) is 19.7 Å². The lowest BCUT2D eigenvalue weighted by Crippen LogP contribution is -2.34. The van der Waals surface area contributed by atoms with Crippen molar-refractivity contribution in [1.29, 1.82) is 0 Å². The molecule has 0 atom stereocenters. The molecule has 1 N–H and O–H groups in total. The standard InChI is InChI=1S/C15H24N2O4S/c1-5-17(6-2)15(18)11-21-13-7-9-14(10-8-13)22(19,20)16-12(3)4/h7-10,12,16H,5-6,11H2,1-4H3. The molecule has 0 aromatic heterocycles. The van der Waals surface area contributed by atoms with Crippen molar-refractivity contribution in [2.24, 2.45) is 0 Å². The fourth-order valence-corrected chi connectivity index (χ4v) is 3.16. The van der Waals surface area contributed by atoms with Crippen molar-refractivity contribution < 1.29 is 17.9 Å². The molecule has 0 spiro atoms. The molecule has 0 unspecified atom stereocenters. The van der Waals surface area contributed by atoms with Crippen LogP contribution in [0.4, 0.5) is 0 Å². The highest BCUT2D eigenvalue weighted by Crippen LogP contribution is 2.16. The summed E-state index contributed by atoms with van der Waals surface area (Å²) in [5.74, 6) is 0.368. The molecular formula is C15H24N2O4S. The van der Waals surface area contributed by atoms with E-state index in [0.29, 0.717) is 18.8 Å². The highest BCUT2D eigenvalue weighted by atomic mass is 32.2. The minimum Gasteiger partial charge on any atom is -0.484 e. The summed E-state index contributed by atoms with van der Waals surface area (Å²) in [6.07, 6.45) is 0. The third-order valence-corrected chi connectivity index (χ3v) is 4.68. The Kier molecular flexibility index (Phi) is 6.83. The second-order valence-electron chi connectivity index (χ2n) is 5.10. The van der Waals surface area contributed by atoms with Crippen molar-refractivity contribution in [3.8, 4) is 5.75 Å². The van der Waals surface area contributed by atoms with Crippen LogP contribution in [-0.4, -0.2) is 45.0 Å². The number of likely N-dealkylation sites (N-methyl/N-ethyl adjacent to an activating group) is 1. The molecule has 1 aromatic rings. The molecule has 6 nitrogen and oxygen atoms in total. The van der Waals surface area contributed by atoms with Crippen LogP contribution in [0.25, 0.3) is 0 Å². The van der Waals surface area contributed by atoms with Gasteiger partial charge in [-0.2, -0.15) is 0 Å². The van der Waals surface area contributed by atoms with Crippen LogP contribution in [0.5, 0.6) is 5.75 Å². The van der Waals surface area contributed by atoms with E-state index in [-0.39, 0.29) is 23.5 Å². The maximum atomic E-state index is 12.0.